The summed E-state index contributed by atoms with van der Waals surface area (Å²) in [6, 6.07) is 0. The second-order valence-corrected chi connectivity index (χ2v) is 3.33. The second-order valence-electron chi connectivity index (χ2n) is 3.33. The summed E-state index contributed by atoms with van der Waals surface area (Å²) in [6.07, 6.45) is 3.93. The van der Waals surface area contributed by atoms with E-state index in [9.17, 15) is 0 Å². The van der Waals surface area contributed by atoms with Crippen LogP contribution < -0.4 is 0 Å². The number of likely N-dealkylation sites (N-methyl/N-ethyl adjacent to an activating group) is 1. The van der Waals surface area contributed by atoms with Crippen LogP contribution in [0.5, 0.6) is 0 Å². The van der Waals surface area contributed by atoms with Crippen LogP contribution >= 0.6 is 0 Å². The van der Waals surface area contributed by atoms with Crippen LogP contribution in [0.25, 0.3) is 0 Å². The van der Waals surface area contributed by atoms with Crippen LogP contribution in [0.15, 0.2) is 24.4 Å². The maximum Gasteiger partial charge on any atom is 0.0303 e. The van der Waals surface area contributed by atoms with Crippen molar-refractivity contribution in [2.75, 3.05) is 33.2 Å². The minimum Gasteiger partial charge on any atom is -0.372 e. The quantitative estimate of drug-likeness (QED) is 0.571. The van der Waals surface area contributed by atoms with Gasteiger partial charge in [-0.3, -0.25) is 0 Å². The van der Waals surface area contributed by atoms with Gasteiger partial charge in [-0.25, -0.2) is 0 Å². The van der Waals surface area contributed by atoms with Crippen molar-refractivity contribution in [3.63, 3.8) is 0 Å². The molecule has 1 saturated heterocycles. The lowest BCUT2D eigenvalue weighted by molar-refractivity contribution is 0.186. The van der Waals surface area contributed by atoms with E-state index in [1.807, 2.05) is 6.08 Å². The molecule has 0 saturated carbocycles. The van der Waals surface area contributed by atoms with E-state index in [1.165, 1.54) is 18.8 Å². The van der Waals surface area contributed by atoms with Crippen LogP contribution in [0.4, 0.5) is 0 Å². The maximum absolute atomic E-state index is 3.70. The minimum absolute atomic E-state index is 1.15. The summed E-state index contributed by atoms with van der Waals surface area (Å²) in [6.45, 7) is 10.5. The van der Waals surface area contributed by atoms with Crippen LogP contribution in [0, 0.1) is 0 Å². The number of piperazine rings is 1. The highest BCUT2D eigenvalue weighted by Crippen LogP contribution is 2.07. The molecule has 2 heteroatoms. The van der Waals surface area contributed by atoms with Crippen LogP contribution in [0.2, 0.25) is 0 Å². The highest BCUT2D eigenvalue weighted by molar-refractivity contribution is 5.07. The van der Waals surface area contributed by atoms with Crippen molar-refractivity contribution < 1.29 is 0 Å². The van der Waals surface area contributed by atoms with Crippen molar-refractivity contribution in [3.05, 3.63) is 24.4 Å². The second kappa shape index (κ2) is 4.31. The van der Waals surface area contributed by atoms with E-state index in [2.05, 4.69) is 36.4 Å². The molecule has 0 N–H and O–H groups in total. The lowest BCUT2D eigenvalue weighted by atomic mass is 10.3. The molecule has 0 amide bonds. The predicted octanol–water partition coefficient (Wildman–Crippen LogP) is 1.32. The van der Waals surface area contributed by atoms with Gasteiger partial charge in [0.1, 0.15) is 0 Å². The van der Waals surface area contributed by atoms with E-state index in [0.29, 0.717) is 0 Å². The molecule has 0 atom stereocenters. The van der Waals surface area contributed by atoms with Crippen LogP contribution in [0.3, 0.4) is 0 Å². The molecule has 0 bridgehead atoms. The molecular weight excluding hydrogens is 148 g/mol. The summed E-state index contributed by atoms with van der Waals surface area (Å²) in [7, 11) is 2.17. The molecule has 1 heterocycles. The van der Waals surface area contributed by atoms with Gasteiger partial charge in [-0.15, -0.1) is 0 Å². The van der Waals surface area contributed by atoms with Crippen molar-refractivity contribution in [2.24, 2.45) is 0 Å². The Bertz CT molecular complexity index is 176. The Balaban J connectivity index is 2.44. The molecule has 0 aromatic heterocycles. The fraction of sp³-hybridized carbons (Fsp3) is 0.600. The van der Waals surface area contributed by atoms with Crippen molar-refractivity contribution in [1.29, 1.82) is 0 Å². The molecule has 0 radical (unpaired) electrons. The third kappa shape index (κ3) is 2.38. The summed E-state index contributed by atoms with van der Waals surface area (Å²) >= 11 is 0. The topological polar surface area (TPSA) is 6.48 Å². The normalized spacial score (nSPS) is 21.2. The van der Waals surface area contributed by atoms with Crippen molar-refractivity contribution in [1.82, 2.24) is 9.80 Å². The molecule has 0 aromatic carbocycles. The van der Waals surface area contributed by atoms with Crippen LogP contribution in [0.1, 0.15) is 6.92 Å². The fourth-order valence-corrected chi connectivity index (χ4v) is 1.44. The van der Waals surface area contributed by atoms with Gasteiger partial charge in [0.2, 0.25) is 0 Å². The molecule has 1 rings (SSSR count). The number of hydrogen-bond acceptors (Lipinski definition) is 2. The summed E-state index contributed by atoms with van der Waals surface area (Å²) in [5.41, 5.74) is 1.33. The molecule has 0 aromatic rings. The van der Waals surface area contributed by atoms with E-state index in [0.717, 1.165) is 13.1 Å². The first kappa shape index (κ1) is 9.33. The van der Waals surface area contributed by atoms with Crippen molar-refractivity contribution in [2.45, 2.75) is 6.92 Å². The van der Waals surface area contributed by atoms with Gasteiger partial charge in [-0.1, -0.05) is 12.7 Å². The molecule has 0 spiro atoms. The van der Waals surface area contributed by atoms with Gasteiger partial charge in [0.15, 0.2) is 0 Å². The third-order valence-electron chi connectivity index (χ3n) is 2.36. The van der Waals surface area contributed by atoms with E-state index >= 15 is 0 Å². The van der Waals surface area contributed by atoms with Gasteiger partial charge in [-0.05, 0) is 20.0 Å². The van der Waals surface area contributed by atoms with Gasteiger partial charge < -0.3 is 9.80 Å². The third-order valence-corrected chi connectivity index (χ3v) is 2.36. The maximum atomic E-state index is 3.70. The van der Waals surface area contributed by atoms with Gasteiger partial charge in [0, 0.05) is 31.9 Å². The summed E-state index contributed by atoms with van der Waals surface area (Å²) in [5, 5.41) is 0. The molecule has 2 nitrogen and oxygen atoms in total. The molecule has 0 aliphatic carbocycles. The van der Waals surface area contributed by atoms with Crippen molar-refractivity contribution in [3.8, 4) is 0 Å². The van der Waals surface area contributed by atoms with E-state index in [1.54, 1.807) is 0 Å². The summed E-state index contributed by atoms with van der Waals surface area (Å²) in [4.78, 5) is 4.76. The minimum atomic E-state index is 1.15. The SMILES string of the molecule is C=C/C=C(\C)N1CCN(C)CC1. The Kier molecular flexibility index (Phi) is 3.35. The van der Waals surface area contributed by atoms with Crippen LogP contribution in [-0.4, -0.2) is 43.0 Å². The molecule has 1 aliphatic heterocycles. The zero-order valence-corrected chi connectivity index (χ0v) is 8.08. The van der Waals surface area contributed by atoms with Gasteiger partial charge in [-0.2, -0.15) is 0 Å². The Morgan fingerprint density at radius 3 is 2.33 bits per heavy atom. The van der Waals surface area contributed by atoms with Crippen LogP contribution in [-0.2, 0) is 0 Å². The summed E-state index contributed by atoms with van der Waals surface area (Å²) < 4.78 is 0. The van der Waals surface area contributed by atoms with E-state index in [4.69, 9.17) is 0 Å². The smallest absolute Gasteiger partial charge is 0.0303 e. The zero-order chi connectivity index (χ0) is 8.97. The van der Waals surface area contributed by atoms with Gasteiger partial charge in [0.25, 0.3) is 0 Å². The first-order chi connectivity index (χ1) is 5.74. The largest absolute Gasteiger partial charge is 0.372 e. The molecule has 0 unspecified atom stereocenters. The number of hydrogen-bond donors (Lipinski definition) is 0. The number of rotatable bonds is 2. The Morgan fingerprint density at radius 1 is 1.25 bits per heavy atom. The van der Waals surface area contributed by atoms with Gasteiger partial charge in [0.05, 0.1) is 0 Å². The van der Waals surface area contributed by atoms with E-state index in [-0.39, 0.29) is 0 Å². The van der Waals surface area contributed by atoms with E-state index < -0.39 is 0 Å². The Labute approximate surface area is 75.2 Å². The first-order valence-corrected chi connectivity index (χ1v) is 4.47. The molecule has 68 valence electrons. The Morgan fingerprint density at radius 2 is 1.83 bits per heavy atom. The standard InChI is InChI=1S/C10H18N2/c1-4-5-10(2)12-8-6-11(3)7-9-12/h4-5H,1,6-9H2,2-3H3/b10-5+. The lowest BCUT2D eigenvalue weighted by Crippen LogP contribution is -2.43. The highest BCUT2D eigenvalue weighted by atomic mass is 15.2. The average molecular weight is 166 g/mol. The van der Waals surface area contributed by atoms with Crippen molar-refractivity contribution >= 4 is 0 Å². The highest BCUT2D eigenvalue weighted by Gasteiger charge is 2.12. The first-order valence-electron chi connectivity index (χ1n) is 4.47. The van der Waals surface area contributed by atoms with Gasteiger partial charge >= 0.3 is 0 Å². The fourth-order valence-electron chi connectivity index (χ4n) is 1.44. The predicted molar refractivity (Wildman–Crippen MR) is 53.0 cm³/mol. The molecule has 12 heavy (non-hydrogen) atoms. The summed E-state index contributed by atoms with van der Waals surface area (Å²) in [5.74, 6) is 0. The Hall–Kier alpha value is -0.760. The lowest BCUT2D eigenvalue weighted by Gasteiger charge is -2.34. The number of allylic oxidation sites excluding steroid dienone is 3. The molecule has 1 aliphatic rings. The molecular formula is C10H18N2. The average Bonchev–Trinajstić information content (AvgIpc) is 2.06. The molecule has 1 fully saturated rings. The zero-order valence-electron chi connectivity index (χ0n) is 8.08. The monoisotopic (exact) mass is 166 g/mol. The number of nitrogens with zero attached hydrogens (tertiary/aromatic N) is 2.